The largest absolute Gasteiger partial charge is 0.479 e. The van der Waals surface area contributed by atoms with Crippen LogP contribution in [-0.4, -0.2) is 21.6 Å². The Labute approximate surface area is 127 Å². The van der Waals surface area contributed by atoms with Gasteiger partial charge in [0.15, 0.2) is 5.54 Å². The molecule has 0 bridgehead atoms. The van der Waals surface area contributed by atoms with Crippen LogP contribution in [0, 0.1) is 0 Å². The maximum absolute atomic E-state index is 12.3. The molecule has 0 aliphatic heterocycles. The lowest BCUT2D eigenvalue weighted by Gasteiger charge is -2.26. The number of carboxylic acid groups (broad SMARTS) is 1. The molecule has 0 saturated carbocycles. The van der Waals surface area contributed by atoms with Crippen LogP contribution < -0.4 is 10.9 Å². The van der Waals surface area contributed by atoms with E-state index in [4.69, 9.17) is 0 Å². The van der Waals surface area contributed by atoms with Gasteiger partial charge in [0.1, 0.15) is 0 Å². The Hall–Kier alpha value is -2.89. The molecule has 22 heavy (non-hydrogen) atoms. The number of benzene rings is 1. The van der Waals surface area contributed by atoms with Crippen LogP contribution in [0.4, 0.5) is 0 Å². The Morgan fingerprint density at radius 2 is 1.77 bits per heavy atom. The third kappa shape index (κ3) is 2.90. The molecule has 0 aliphatic carbocycles. The minimum atomic E-state index is -1.56. The minimum absolute atomic E-state index is 0.213. The van der Waals surface area contributed by atoms with Crippen molar-refractivity contribution in [3.63, 3.8) is 0 Å². The second-order valence-electron chi connectivity index (χ2n) is 5.12. The Morgan fingerprint density at radius 1 is 1.14 bits per heavy atom. The molecule has 1 amide bonds. The lowest BCUT2D eigenvalue weighted by molar-refractivity contribution is -0.144. The van der Waals surface area contributed by atoms with E-state index in [0.717, 1.165) is 0 Å². The van der Waals surface area contributed by atoms with Crippen molar-refractivity contribution >= 4 is 11.9 Å². The molecule has 1 aromatic carbocycles. The highest BCUT2D eigenvalue weighted by Crippen LogP contribution is 2.21. The van der Waals surface area contributed by atoms with Crippen LogP contribution in [-0.2, 0) is 17.4 Å². The van der Waals surface area contributed by atoms with Crippen molar-refractivity contribution in [1.29, 1.82) is 0 Å². The summed E-state index contributed by atoms with van der Waals surface area (Å²) in [4.78, 5) is 35.3. The first-order valence-electron chi connectivity index (χ1n) is 6.63. The highest BCUT2D eigenvalue weighted by atomic mass is 16.4. The van der Waals surface area contributed by atoms with Gasteiger partial charge >= 0.3 is 5.97 Å². The summed E-state index contributed by atoms with van der Waals surface area (Å²) in [7, 11) is 1.52. The first-order chi connectivity index (χ1) is 10.3. The number of aliphatic carboxylic acids is 1. The van der Waals surface area contributed by atoms with E-state index in [1.165, 1.54) is 36.9 Å². The Kier molecular flexibility index (Phi) is 4.12. The van der Waals surface area contributed by atoms with Crippen molar-refractivity contribution in [2.45, 2.75) is 12.5 Å². The molecule has 0 saturated heterocycles. The third-order valence-corrected chi connectivity index (χ3v) is 3.49. The van der Waals surface area contributed by atoms with Crippen LogP contribution in [0.15, 0.2) is 53.5 Å². The van der Waals surface area contributed by atoms with E-state index in [-0.39, 0.29) is 11.1 Å². The van der Waals surface area contributed by atoms with Crippen LogP contribution in [0.2, 0.25) is 0 Å². The van der Waals surface area contributed by atoms with Gasteiger partial charge in [0, 0.05) is 19.3 Å². The number of aryl methyl sites for hydroxylation is 1. The van der Waals surface area contributed by atoms with Crippen LogP contribution in [0.25, 0.3) is 0 Å². The monoisotopic (exact) mass is 300 g/mol. The predicted molar refractivity (Wildman–Crippen MR) is 80.6 cm³/mol. The maximum atomic E-state index is 12.3. The molecular weight excluding hydrogens is 284 g/mol. The van der Waals surface area contributed by atoms with Gasteiger partial charge in [0.25, 0.3) is 5.91 Å². The van der Waals surface area contributed by atoms with Crippen molar-refractivity contribution in [2.75, 3.05) is 0 Å². The second-order valence-corrected chi connectivity index (χ2v) is 5.12. The fourth-order valence-corrected chi connectivity index (χ4v) is 2.05. The summed E-state index contributed by atoms with van der Waals surface area (Å²) in [5, 5.41) is 12.0. The SMILES string of the molecule is Cn1cc(C(=O)N[C@](C)(C(=O)O)c2ccccc2)ccc1=O. The molecule has 6 heteroatoms. The van der Waals surface area contributed by atoms with E-state index in [1.807, 2.05) is 0 Å². The van der Waals surface area contributed by atoms with E-state index < -0.39 is 17.4 Å². The Morgan fingerprint density at radius 3 is 2.32 bits per heavy atom. The van der Waals surface area contributed by atoms with Crippen LogP contribution >= 0.6 is 0 Å². The van der Waals surface area contributed by atoms with Crippen LogP contribution in [0.5, 0.6) is 0 Å². The summed E-state index contributed by atoms with van der Waals surface area (Å²) >= 11 is 0. The molecule has 2 aromatic rings. The van der Waals surface area contributed by atoms with Crippen molar-refractivity contribution in [2.24, 2.45) is 7.05 Å². The number of pyridine rings is 1. The summed E-state index contributed by atoms with van der Waals surface area (Å²) in [5.41, 5.74) is -1.14. The molecule has 1 atom stereocenters. The highest BCUT2D eigenvalue weighted by Gasteiger charge is 2.37. The van der Waals surface area contributed by atoms with Gasteiger partial charge < -0.3 is 15.0 Å². The van der Waals surface area contributed by atoms with Gasteiger partial charge in [-0.25, -0.2) is 4.79 Å². The molecule has 1 aromatic heterocycles. The number of carbonyl (C=O) groups excluding carboxylic acids is 1. The minimum Gasteiger partial charge on any atom is -0.479 e. The standard InChI is InChI=1S/C16H16N2O4/c1-16(15(21)22,12-6-4-3-5-7-12)17-14(20)11-8-9-13(19)18(2)10-11/h3-10H,1-2H3,(H,17,20)(H,21,22)/t16-/m0/s1. The van der Waals surface area contributed by atoms with Crippen molar-refractivity contribution in [1.82, 2.24) is 9.88 Å². The molecule has 114 valence electrons. The van der Waals surface area contributed by atoms with E-state index >= 15 is 0 Å². The molecule has 1 heterocycles. The number of nitrogens with zero attached hydrogens (tertiary/aromatic N) is 1. The molecule has 0 radical (unpaired) electrons. The number of rotatable bonds is 4. The second kappa shape index (κ2) is 5.85. The van der Waals surface area contributed by atoms with Gasteiger partial charge in [-0.1, -0.05) is 30.3 Å². The Bertz CT molecular complexity index is 767. The van der Waals surface area contributed by atoms with Crippen LogP contribution in [0.1, 0.15) is 22.8 Å². The molecule has 0 unspecified atom stereocenters. The number of nitrogens with one attached hydrogen (secondary N) is 1. The molecular formula is C16H16N2O4. The van der Waals surface area contributed by atoms with E-state index in [1.54, 1.807) is 30.3 Å². The van der Waals surface area contributed by atoms with Crippen molar-refractivity contribution in [3.05, 3.63) is 70.1 Å². The van der Waals surface area contributed by atoms with Crippen molar-refractivity contribution in [3.8, 4) is 0 Å². The third-order valence-electron chi connectivity index (χ3n) is 3.49. The summed E-state index contributed by atoms with van der Waals surface area (Å²) in [6, 6.07) is 11.1. The normalized spacial score (nSPS) is 13.2. The van der Waals surface area contributed by atoms with Gasteiger partial charge in [-0.15, -0.1) is 0 Å². The Balaban J connectivity index is 2.36. The van der Waals surface area contributed by atoms with E-state index in [0.29, 0.717) is 5.56 Å². The quantitative estimate of drug-likeness (QED) is 0.885. The van der Waals surface area contributed by atoms with Gasteiger partial charge in [-0.2, -0.15) is 0 Å². The topological polar surface area (TPSA) is 88.4 Å². The first kappa shape index (κ1) is 15.5. The summed E-state index contributed by atoms with van der Waals surface area (Å²) < 4.78 is 1.26. The van der Waals surface area contributed by atoms with E-state index in [2.05, 4.69) is 5.32 Å². The smallest absolute Gasteiger partial charge is 0.333 e. The average Bonchev–Trinajstić information content (AvgIpc) is 2.50. The van der Waals surface area contributed by atoms with Crippen molar-refractivity contribution < 1.29 is 14.7 Å². The lowest BCUT2D eigenvalue weighted by atomic mass is 9.91. The number of carboxylic acids is 1. The number of amides is 1. The fraction of sp³-hybridized carbons (Fsp3) is 0.188. The van der Waals surface area contributed by atoms with Gasteiger partial charge in [0.05, 0.1) is 5.56 Å². The fourth-order valence-electron chi connectivity index (χ4n) is 2.05. The number of carbonyl (C=O) groups is 2. The number of hydrogen-bond acceptors (Lipinski definition) is 3. The number of aromatic nitrogens is 1. The zero-order valence-electron chi connectivity index (χ0n) is 12.2. The zero-order valence-corrected chi connectivity index (χ0v) is 12.2. The molecule has 0 aliphatic rings. The summed E-state index contributed by atoms with van der Waals surface area (Å²) in [5.74, 6) is -1.73. The lowest BCUT2D eigenvalue weighted by Crippen LogP contribution is -2.49. The molecule has 6 nitrogen and oxygen atoms in total. The average molecular weight is 300 g/mol. The van der Waals surface area contributed by atoms with Gasteiger partial charge in [0.2, 0.25) is 5.56 Å². The maximum Gasteiger partial charge on any atom is 0.333 e. The first-order valence-corrected chi connectivity index (χ1v) is 6.63. The molecule has 2 rings (SSSR count). The zero-order chi connectivity index (χ0) is 16.3. The van der Waals surface area contributed by atoms with Gasteiger partial charge in [-0.3, -0.25) is 9.59 Å². The number of hydrogen-bond donors (Lipinski definition) is 2. The van der Waals surface area contributed by atoms with Crippen LogP contribution in [0.3, 0.4) is 0 Å². The summed E-state index contributed by atoms with van der Waals surface area (Å²) in [6.07, 6.45) is 1.37. The highest BCUT2D eigenvalue weighted by molar-refractivity contribution is 5.97. The van der Waals surface area contributed by atoms with E-state index in [9.17, 15) is 19.5 Å². The summed E-state index contributed by atoms with van der Waals surface area (Å²) in [6.45, 7) is 1.42. The predicted octanol–water partition coefficient (Wildman–Crippen LogP) is 1.12. The van der Waals surface area contributed by atoms with Gasteiger partial charge in [-0.05, 0) is 18.6 Å². The molecule has 2 N–H and O–H groups in total. The molecule has 0 fully saturated rings. The molecule has 0 spiro atoms.